The quantitative estimate of drug-likeness (QED) is 0.414. The Labute approximate surface area is 119 Å². The molecule has 0 amide bonds. The highest BCUT2D eigenvalue weighted by Crippen LogP contribution is 2.37. The van der Waals surface area contributed by atoms with Crippen molar-refractivity contribution in [3.8, 4) is 0 Å². The highest BCUT2D eigenvalue weighted by atomic mass is 79.9. The molecule has 8 heteroatoms. The van der Waals surface area contributed by atoms with Gasteiger partial charge in [-0.3, -0.25) is 4.79 Å². The highest BCUT2D eigenvalue weighted by molar-refractivity contribution is 9.09. The Bertz CT molecular complexity index is 492. The fourth-order valence-electron chi connectivity index (χ4n) is 1.56. The first-order valence-electron chi connectivity index (χ1n) is 5.45. The van der Waals surface area contributed by atoms with Crippen LogP contribution in [-0.4, -0.2) is 11.1 Å². The summed E-state index contributed by atoms with van der Waals surface area (Å²) in [6, 6.07) is 1.04. The van der Waals surface area contributed by atoms with E-state index in [0.717, 1.165) is 0 Å². The molecule has 0 fully saturated rings. The van der Waals surface area contributed by atoms with Crippen LogP contribution in [0.3, 0.4) is 0 Å². The molecule has 0 atom stereocenters. The third-order valence-electron chi connectivity index (χ3n) is 2.49. The van der Waals surface area contributed by atoms with E-state index in [0.29, 0.717) is 23.9 Å². The lowest BCUT2D eigenvalue weighted by Crippen LogP contribution is -2.16. The van der Waals surface area contributed by atoms with Gasteiger partial charge in [-0.05, 0) is 18.6 Å². The van der Waals surface area contributed by atoms with Crippen LogP contribution in [0.25, 0.3) is 0 Å². The molecular formula is C12H9BrF6O. The van der Waals surface area contributed by atoms with Crippen molar-refractivity contribution in [3.63, 3.8) is 0 Å². The van der Waals surface area contributed by atoms with Gasteiger partial charge in [-0.25, -0.2) is 0 Å². The van der Waals surface area contributed by atoms with Crippen molar-refractivity contribution < 1.29 is 31.1 Å². The number of rotatable bonds is 4. The fourth-order valence-corrected chi connectivity index (χ4v) is 1.84. The van der Waals surface area contributed by atoms with Crippen molar-refractivity contribution in [1.82, 2.24) is 0 Å². The number of hydrogen-bond acceptors (Lipinski definition) is 1. The molecule has 0 saturated heterocycles. The second kappa shape index (κ2) is 6.15. The molecule has 0 bridgehead atoms. The predicted octanol–water partition coefficient (Wildman–Crippen LogP) is 5.08. The fraction of sp³-hybridized carbons (Fsp3) is 0.417. The maximum Gasteiger partial charge on any atom is 0.417 e. The first kappa shape index (κ1) is 17.0. The molecule has 0 N–H and O–H groups in total. The molecule has 0 aliphatic carbocycles. The largest absolute Gasteiger partial charge is 0.417 e. The maximum atomic E-state index is 12.8. The van der Waals surface area contributed by atoms with Crippen molar-refractivity contribution in [2.45, 2.75) is 25.2 Å². The Kier molecular flexibility index (Phi) is 5.23. The van der Waals surface area contributed by atoms with Crippen LogP contribution in [0.4, 0.5) is 26.3 Å². The van der Waals surface area contributed by atoms with E-state index in [4.69, 9.17) is 0 Å². The van der Waals surface area contributed by atoms with Gasteiger partial charge in [0.15, 0.2) is 5.78 Å². The average molecular weight is 363 g/mol. The first-order chi connectivity index (χ1) is 9.07. The van der Waals surface area contributed by atoms with Crippen LogP contribution in [0.5, 0.6) is 0 Å². The van der Waals surface area contributed by atoms with E-state index in [1.807, 2.05) is 0 Å². The van der Waals surface area contributed by atoms with Gasteiger partial charge < -0.3 is 0 Å². The summed E-state index contributed by atoms with van der Waals surface area (Å²) in [6.45, 7) is 0. The van der Waals surface area contributed by atoms with E-state index >= 15 is 0 Å². The van der Waals surface area contributed by atoms with Crippen LogP contribution in [0.2, 0.25) is 0 Å². The zero-order chi connectivity index (χ0) is 15.6. The maximum absolute atomic E-state index is 12.8. The van der Waals surface area contributed by atoms with Gasteiger partial charge in [0.25, 0.3) is 0 Å². The Morgan fingerprint density at radius 2 is 1.65 bits per heavy atom. The summed E-state index contributed by atoms with van der Waals surface area (Å²) in [6.07, 6.45) is -9.77. The Hall–Kier alpha value is -1.05. The second-order valence-electron chi connectivity index (χ2n) is 3.97. The van der Waals surface area contributed by atoms with Crippen molar-refractivity contribution in [2.24, 2.45) is 0 Å². The molecule has 0 aromatic heterocycles. The third kappa shape index (κ3) is 4.22. The van der Waals surface area contributed by atoms with Crippen LogP contribution < -0.4 is 0 Å². The summed E-state index contributed by atoms with van der Waals surface area (Å²) >= 11 is 3.02. The van der Waals surface area contributed by atoms with Crippen molar-refractivity contribution in [1.29, 1.82) is 0 Å². The van der Waals surface area contributed by atoms with Crippen molar-refractivity contribution >= 4 is 21.7 Å². The molecule has 0 aliphatic heterocycles. The SMILES string of the molecule is O=C(CCCBr)c1ccc(C(F)(F)F)cc1C(F)(F)F. The number of alkyl halides is 7. The highest BCUT2D eigenvalue weighted by Gasteiger charge is 2.39. The molecule has 0 aliphatic rings. The van der Waals surface area contributed by atoms with Crippen LogP contribution in [0.1, 0.15) is 34.3 Å². The van der Waals surface area contributed by atoms with E-state index in [9.17, 15) is 31.1 Å². The van der Waals surface area contributed by atoms with Gasteiger partial charge in [0, 0.05) is 17.3 Å². The zero-order valence-corrected chi connectivity index (χ0v) is 11.5. The van der Waals surface area contributed by atoms with Gasteiger partial charge in [0.05, 0.1) is 11.1 Å². The monoisotopic (exact) mass is 362 g/mol. The van der Waals surface area contributed by atoms with Gasteiger partial charge in [0.1, 0.15) is 0 Å². The number of Topliss-reactive ketones (excluding diaryl/α,β-unsaturated/α-hetero) is 1. The number of ketones is 1. The topological polar surface area (TPSA) is 17.1 Å². The van der Waals surface area contributed by atoms with Crippen molar-refractivity contribution in [3.05, 3.63) is 34.9 Å². The van der Waals surface area contributed by atoms with Gasteiger partial charge in [-0.2, -0.15) is 26.3 Å². The lowest BCUT2D eigenvalue weighted by Gasteiger charge is -2.15. The lowest BCUT2D eigenvalue weighted by atomic mass is 9.98. The number of carbonyl (C=O) groups excluding carboxylic acids is 1. The number of carbonyl (C=O) groups is 1. The number of benzene rings is 1. The Morgan fingerprint density at radius 3 is 2.10 bits per heavy atom. The molecule has 0 heterocycles. The van der Waals surface area contributed by atoms with Crippen LogP contribution >= 0.6 is 15.9 Å². The molecule has 0 radical (unpaired) electrons. The lowest BCUT2D eigenvalue weighted by molar-refractivity contribution is -0.143. The molecule has 1 aromatic carbocycles. The smallest absolute Gasteiger partial charge is 0.294 e. The molecule has 1 aromatic rings. The number of halogens is 7. The third-order valence-corrected chi connectivity index (χ3v) is 3.05. The Morgan fingerprint density at radius 1 is 1.05 bits per heavy atom. The Balaban J connectivity index is 3.28. The minimum atomic E-state index is -5.01. The van der Waals surface area contributed by atoms with E-state index in [-0.39, 0.29) is 12.5 Å². The summed E-state index contributed by atoms with van der Waals surface area (Å²) in [7, 11) is 0. The predicted molar refractivity (Wildman–Crippen MR) is 63.8 cm³/mol. The van der Waals surface area contributed by atoms with Crippen LogP contribution in [-0.2, 0) is 12.4 Å². The standard InChI is InChI=1S/C12H9BrF6O/c13-5-1-2-10(20)8-4-3-7(11(14,15)16)6-9(8)12(17,18)19/h3-4,6H,1-2,5H2. The van der Waals surface area contributed by atoms with Gasteiger partial charge in [0.2, 0.25) is 0 Å². The summed E-state index contributed by atoms with van der Waals surface area (Å²) in [5.41, 5.74) is -3.71. The molecule has 1 nitrogen and oxygen atoms in total. The molecule has 20 heavy (non-hydrogen) atoms. The van der Waals surface area contributed by atoms with E-state index in [1.54, 1.807) is 0 Å². The molecule has 1 rings (SSSR count). The van der Waals surface area contributed by atoms with Crippen LogP contribution in [0.15, 0.2) is 18.2 Å². The van der Waals surface area contributed by atoms with Gasteiger partial charge >= 0.3 is 12.4 Å². The van der Waals surface area contributed by atoms with Gasteiger partial charge in [-0.15, -0.1) is 0 Å². The van der Waals surface area contributed by atoms with E-state index in [2.05, 4.69) is 15.9 Å². The van der Waals surface area contributed by atoms with E-state index < -0.39 is 34.8 Å². The number of hydrogen-bond donors (Lipinski definition) is 0. The summed E-state index contributed by atoms with van der Waals surface area (Å²) < 4.78 is 75.6. The minimum absolute atomic E-state index is 0.0264. The average Bonchev–Trinajstić information content (AvgIpc) is 2.33. The summed E-state index contributed by atoms with van der Waals surface area (Å²) in [4.78, 5) is 11.6. The summed E-state index contributed by atoms with van der Waals surface area (Å²) in [5.74, 6) is -0.828. The van der Waals surface area contributed by atoms with E-state index in [1.165, 1.54) is 0 Å². The second-order valence-corrected chi connectivity index (χ2v) is 4.76. The van der Waals surface area contributed by atoms with Crippen LogP contribution in [0, 0.1) is 0 Å². The minimum Gasteiger partial charge on any atom is -0.294 e. The molecule has 112 valence electrons. The molecule has 0 spiro atoms. The molecular weight excluding hydrogens is 354 g/mol. The van der Waals surface area contributed by atoms with Gasteiger partial charge in [-0.1, -0.05) is 22.0 Å². The molecule has 0 saturated carbocycles. The summed E-state index contributed by atoms with van der Waals surface area (Å²) in [5, 5.41) is 0.417. The molecule has 0 unspecified atom stereocenters. The normalized spacial score (nSPS) is 12.6. The van der Waals surface area contributed by atoms with Crippen molar-refractivity contribution in [2.75, 3.05) is 5.33 Å². The zero-order valence-electron chi connectivity index (χ0n) is 9.91. The first-order valence-corrected chi connectivity index (χ1v) is 6.57.